The average molecular weight is 731 g/mol. The Hall–Kier alpha value is -4.12. The maximum absolute atomic E-state index is 12.1. The topological polar surface area (TPSA) is 245 Å². The third kappa shape index (κ3) is 10.4. The van der Waals surface area contributed by atoms with Crippen LogP contribution in [0.2, 0.25) is 10.0 Å². The van der Waals surface area contributed by atoms with Crippen molar-refractivity contribution in [3.63, 3.8) is 0 Å². The molecule has 0 saturated heterocycles. The lowest BCUT2D eigenvalue weighted by Crippen LogP contribution is -2.26. The molecule has 1 aromatic heterocycles. The Morgan fingerprint density at radius 3 is 2.23 bits per heavy atom. The van der Waals surface area contributed by atoms with Crippen molar-refractivity contribution in [3.05, 3.63) is 51.6 Å². The Labute approximate surface area is 280 Å². The third-order valence-corrected chi connectivity index (χ3v) is 8.67. The highest BCUT2D eigenvalue weighted by atomic mass is 35.5. The van der Waals surface area contributed by atoms with Gasteiger partial charge in [-0.25, -0.2) is 4.68 Å². The second-order valence-corrected chi connectivity index (χ2v) is 13.9. The van der Waals surface area contributed by atoms with Crippen molar-refractivity contribution in [2.75, 3.05) is 29.1 Å². The van der Waals surface area contributed by atoms with Gasteiger partial charge in [-0.1, -0.05) is 23.2 Å². The molecule has 20 heteroatoms. The van der Waals surface area contributed by atoms with Gasteiger partial charge in [0.1, 0.15) is 23.0 Å². The molecule has 0 spiro atoms. The Morgan fingerprint density at radius 1 is 1.04 bits per heavy atom. The molecule has 0 atom stereocenters. The Morgan fingerprint density at radius 2 is 1.68 bits per heavy atom. The number of aliphatic carboxylic acids is 1. The van der Waals surface area contributed by atoms with Crippen LogP contribution in [0.4, 0.5) is 22.9 Å². The number of hydrogen-bond acceptors (Lipinski definition) is 11. The Bertz CT molecular complexity index is 1950. The average Bonchev–Trinajstić information content (AvgIpc) is 3.25. The molecule has 1 amide bonds. The van der Waals surface area contributed by atoms with E-state index in [1.165, 1.54) is 19.9 Å². The van der Waals surface area contributed by atoms with Gasteiger partial charge in [0, 0.05) is 32.1 Å². The summed E-state index contributed by atoms with van der Waals surface area (Å²) >= 11 is 12.6. The molecule has 0 aliphatic carbocycles. The predicted molar refractivity (Wildman–Crippen MR) is 173 cm³/mol. The van der Waals surface area contributed by atoms with Gasteiger partial charge in [-0.3, -0.25) is 18.7 Å². The van der Waals surface area contributed by atoms with E-state index in [-0.39, 0.29) is 70.0 Å². The van der Waals surface area contributed by atoms with E-state index in [9.17, 15) is 36.2 Å². The fourth-order valence-corrected chi connectivity index (χ4v) is 6.24. The number of nitrogens with one attached hydrogen (secondary N) is 1. The molecule has 0 unspecified atom stereocenters. The second kappa shape index (κ2) is 15.6. The van der Waals surface area contributed by atoms with Gasteiger partial charge < -0.3 is 15.3 Å². The molecule has 4 N–H and O–H groups in total. The van der Waals surface area contributed by atoms with Crippen molar-refractivity contribution < 1.29 is 40.6 Å². The fraction of sp³-hybridized carbons (Fsp3) is 0.333. The minimum atomic E-state index is -4.65. The van der Waals surface area contributed by atoms with Crippen molar-refractivity contribution in [2.24, 2.45) is 10.2 Å². The van der Waals surface area contributed by atoms with Gasteiger partial charge in [-0.05, 0) is 56.5 Å². The quantitative estimate of drug-likeness (QED) is 0.0882. The van der Waals surface area contributed by atoms with Crippen molar-refractivity contribution in [2.45, 2.75) is 44.4 Å². The molecule has 3 aromatic rings. The molecule has 0 fully saturated rings. The van der Waals surface area contributed by atoms with Crippen LogP contribution in [0.5, 0.6) is 0 Å². The number of carboxylic acid groups (broad SMARTS) is 1. The summed E-state index contributed by atoms with van der Waals surface area (Å²) in [7, 11) is -8.80. The summed E-state index contributed by atoms with van der Waals surface area (Å²) in [5.74, 6) is -2.02. The summed E-state index contributed by atoms with van der Waals surface area (Å²) in [6, 6.07) is 8.55. The van der Waals surface area contributed by atoms with Crippen LogP contribution in [0.3, 0.4) is 0 Å². The van der Waals surface area contributed by atoms with Crippen LogP contribution in [-0.2, 0) is 29.8 Å². The summed E-state index contributed by atoms with van der Waals surface area (Å²) < 4.78 is 65.0. The molecule has 0 saturated carbocycles. The number of azo groups is 1. The molecule has 0 bridgehead atoms. The number of aromatic nitrogens is 2. The first-order valence-electron chi connectivity index (χ1n) is 13.6. The zero-order chi connectivity index (χ0) is 35.1. The zero-order valence-electron chi connectivity index (χ0n) is 24.9. The first kappa shape index (κ1) is 37.3. The zero-order valence-corrected chi connectivity index (χ0v) is 28.0. The summed E-state index contributed by atoms with van der Waals surface area (Å²) in [5, 5.41) is 33.8. The molecule has 47 heavy (non-hydrogen) atoms. The van der Waals surface area contributed by atoms with Crippen LogP contribution in [0.25, 0.3) is 5.69 Å². The van der Waals surface area contributed by atoms with Crippen LogP contribution in [0.1, 0.15) is 43.9 Å². The van der Waals surface area contributed by atoms with Gasteiger partial charge in [0.2, 0.25) is 5.91 Å². The van der Waals surface area contributed by atoms with Crippen LogP contribution >= 0.6 is 23.2 Å². The van der Waals surface area contributed by atoms with E-state index in [1.807, 2.05) is 6.07 Å². The minimum Gasteiger partial charge on any atom is -0.481 e. The number of nitriles is 1. The van der Waals surface area contributed by atoms with Crippen LogP contribution < -0.4 is 10.2 Å². The highest BCUT2D eigenvalue weighted by Crippen LogP contribution is 2.38. The summed E-state index contributed by atoms with van der Waals surface area (Å²) in [6.07, 6.45) is 0.648. The number of hydrogen-bond donors (Lipinski definition) is 4. The molecule has 3 rings (SSSR count). The number of carbonyl (C=O) groups excluding carboxylic acids is 1. The number of rotatable bonds is 15. The maximum atomic E-state index is 12.1. The lowest BCUT2D eigenvalue weighted by atomic mass is 10.2. The lowest BCUT2D eigenvalue weighted by Gasteiger charge is -2.25. The number of anilines is 2. The van der Waals surface area contributed by atoms with Gasteiger partial charge in [-0.2, -0.15) is 27.2 Å². The molecule has 0 aliphatic rings. The number of nitrogens with zero attached hydrogens (tertiary/aromatic N) is 6. The van der Waals surface area contributed by atoms with E-state index in [2.05, 4.69) is 20.6 Å². The number of halogens is 2. The molecular formula is C27H29Cl2N7O9S2. The Kier molecular flexibility index (Phi) is 12.4. The lowest BCUT2D eigenvalue weighted by molar-refractivity contribution is -0.137. The van der Waals surface area contributed by atoms with Gasteiger partial charge in [0.05, 0.1) is 32.1 Å². The standard InChI is InChI=1S/C27H29Cl2N7O9S2/c1-16-20(15-30)27(36(34-16)26-21(28)13-19(14-22(26)29)47(43,44)45)33-32-23-8-7-18(12-24(23)31-17(2)37)35(10-5-6-25(38)39)9-3-4-11-46(40,41)42/h7-8,12-14H,3-6,9-11H2,1-2H3,(H,31,37)(H,38,39)(H,40,41,42)(H,43,44,45). The fourth-order valence-electron chi connectivity index (χ4n) is 4.36. The molecule has 2 aromatic carbocycles. The van der Waals surface area contributed by atoms with Crippen molar-refractivity contribution in [3.8, 4) is 11.8 Å². The predicted octanol–water partition coefficient (Wildman–Crippen LogP) is 5.32. The van der Waals surface area contributed by atoms with Gasteiger partial charge >= 0.3 is 5.97 Å². The van der Waals surface area contributed by atoms with Crippen LogP contribution in [0, 0.1) is 18.3 Å². The van der Waals surface area contributed by atoms with Crippen LogP contribution in [-0.4, -0.2) is 71.5 Å². The number of unbranched alkanes of at least 4 members (excludes halogenated alkanes) is 1. The normalized spacial score (nSPS) is 11.9. The Balaban J connectivity index is 2.06. The van der Waals surface area contributed by atoms with Crippen molar-refractivity contribution >= 4 is 78.2 Å². The number of carboxylic acids is 1. The number of carbonyl (C=O) groups is 2. The maximum Gasteiger partial charge on any atom is 0.303 e. The van der Waals surface area contributed by atoms with E-state index in [4.69, 9.17) is 32.9 Å². The number of aryl methyl sites for hydroxylation is 1. The summed E-state index contributed by atoms with van der Waals surface area (Å²) in [6.45, 7) is 3.35. The monoisotopic (exact) mass is 729 g/mol. The van der Waals surface area contributed by atoms with Gasteiger partial charge in [0.25, 0.3) is 20.2 Å². The highest BCUT2D eigenvalue weighted by Gasteiger charge is 2.23. The van der Waals surface area contributed by atoms with E-state index >= 15 is 0 Å². The van der Waals surface area contributed by atoms with E-state index in [0.717, 1.165) is 16.8 Å². The first-order valence-corrected chi connectivity index (χ1v) is 17.4. The van der Waals surface area contributed by atoms with Crippen molar-refractivity contribution in [1.82, 2.24) is 9.78 Å². The van der Waals surface area contributed by atoms with E-state index in [1.54, 1.807) is 17.0 Å². The first-order chi connectivity index (χ1) is 21.9. The summed E-state index contributed by atoms with van der Waals surface area (Å²) in [4.78, 5) is 24.4. The van der Waals surface area contributed by atoms with Gasteiger partial charge in [0.15, 0.2) is 5.82 Å². The largest absolute Gasteiger partial charge is 0.481 e. The molecule has 1 heterocycles. The highest BCUT2D eigenvalue weighted by molar-refractivity contribution is 7.86. The van der Waals surface area contributed by atoms with Crippen molar-refractivity contribution in [1.29, 1.82) is 5.26 Å². The SMILES string of the molecule is CC(=O)Nc1cc(N(CCCCS(=O)(=O)O)CCCC(=O)O)ccc1N=Nc1c(C#N)c(C)nn1-c1c(Cl)cc(S(=O)(=O)O)cc1Cl. The molecule has 16 nitrogen and oxygen atoms in total. The minimum absolute atomic E-state index is 0.0214. The number of amides is 1. The molecule has 252 valence electrons. The smallest absolute Gasteiger partial charge is 0.303 e. The summed E-state index contributed by atoms with van der Waals surface area (Å²) in [5.41, 5.74) is 0.996. The van der Waals surface area contributed by atoms with Gasteiger partial charge in [-0.15, -0.1) is 10.2 Å². The molecule has 0 radical (unpaired) electrons. The molecule has 0 aliphatic heterocycles. The number of benzene rings is 2. The van der Waals surface area contributed by atoms with Crippen LogP contribution in [0.15, 0.2) is 45.5 Å². The molecular weight excluding hydrogens is 701 g/mol. The third-order valence-electron chi connectivity index (χ3n) is 6.46. The van der Waals surface area contributed by atoms with E-state index in [0.29, 0.717) is 18.7 Å². The van der Waals surface area contributed by atoms with E-state index < -0.39 is 42.8 Å². The second-order valence-electron chi connectivity index (χ2n) is 10.1.